The number of rotatable bonds is 3. The molecule has 0 radical (unpaired) electrons. The van der Waals surface area contributed by atoms with Gasteiger partial charge in [-0.25, -0.2) is 4.39 Å². The van der Waals surface area contributed by atoms with Crippen LogP contribution in [-0.2, 0) is 22.9 Å². The molecule has 0 atom stereocenters. The van der Waals surface area contributed by atoms with E-state index in [1.54, 1.807) is 42.5 Å². The van der Waals surface area contributed by atoms with Crippen molar-refractivity contribution in [2.45, 2.75) is 6.61 Å². The van der Waals surface area contributed by atoms with Crippen molar-refractivity contribution in [3.8, 4) is 5.75 Å². The van der Waals surface area contributed by atoms with Crippen LogP contribution in [-0.4, -0.2) is 0 Å². The van der Waals surface area contributed by atoms with Crippen molar-refractivity contribution >= 4 is 13.6 Å². The second kappa shape index (κ2) is 8.38. The van der Waals surface area contributed by atoms with Crippen LogP contribution >= 0.6 is 13.6 Å². The summed E-state index contributed by atoms with van der Waals surface area (Å²) in [4.78, 5) is 0. The number of benzene rings is 2. The second-order valence-electron chi connectivity index (χ2n) is 3.12. The third-order valence-electron chi connectivity index (χ3n) is 2.04. The Hall–Kier alpha value is -0.727. The van der Waals surface area contributed by atoms with Crippen LogP contribution in [0.4, 0.5) is 4.39 Å². The van der Waals surface area contributed by atoms with Gasteiger partial charge in [-0.15, -0.1) is 12.1 Å². The van der Waals surface area contributed by atoms with Gasteiger partial charge in [-0.05, 0) is 6.07 Å². The Kier molecular flexibility index (Phi) is 7.06. The van der Waals surface area contributed by atoms with E-state index in [0.717, 1.165) is 5.75 Å². The zero-order valence-electron chi connectivity index (χ0n) is 9.20. The summed E-state index contributed by atoms with van der Waals surface area (Å²) in [5.41, 5.74) is 0.560. The van der Waals surface area contributed by atoms with Crippen LogP contribution in [0.5, 0.6) is 5.75 Å². The quantitative estimate of drug-likeness (QED) is 0.602. The third-order valence-corrected chi connectivity index (χ3v) is 2.04. The Morgan fingerprint density at radius 2 is 1.76 bits per heavy atom. The van der Waals surface area contributed by atoms with Gasteiger partial charge in [-0.3, -0.25) is 0 Å². The van der Waals surface area contributed by atoms with Gasteiger partial charge in [-0.2, -0.15) is 18.2 Å². The van der Waals surface area contributed by atoms with Crippen molar-refractivity contribution in [2.75, 3.05) is 0 Å². The fourth-order valence-corrected chi connectivity index (χ4v) is 1.24. The molecule has 1 nitrogen and oxygen atoms in total. The molecule has 0 amide bonds. The molecule has 0 aliphatic heterocycles. The molecule has 0 N–H and O–H groups in total. The van der Waals surface area contributed by atoms with Gasteiger partial charge in [0.15, 0.2) is 0 Å². The maximum atomic E-state index is 13.2. The average Bonchev–Trinajstić information content (AvgIpc) is 2.41. The molecule has 0 aromatic heterocycles. The van der Waals surface area contributed by atoms with Crippen molar-refractivity contribution in [1.82, 2.24) is 0 Å². The molecule has 4 heteroatoms. The predicted molar refractivity (Wildman–Crippen MR) is 64.9 cm³/mol. The number of hydrogen-bond donors (Lipinski definition) is 0. The average molecular weight is 347 g/mol. The van der Waals surface area contributed by atoms with E-state index in [-0.39, 0.29) is 12.4 Å². The van der Waals surface area contributed by atoms with E-state index >= 15 is 0 Å². The summed E-state index contributed by atoms with van der Waals surface area (Å²) in [5.74, 6) is 0.483. The Morgan fingerprint density at radius 3 is 2.41 bits per heavy atom. The van der Waals surface area contributed by atoms with Gasteiger partial charge in [-0.1, -0.05) is 18.2 Å². The molecule has 17 heavy (non-hydrogen) atoms. The van der Waals surface area contributed by atoms with E-state index in [1.807, 2.05) is 0 Å². The first-order chi connectivity index (χ1) is 8.36. The van der Waals surface area contributed by atoms with E-state index in [2.05, 4.69) is 19.7 Å². The summed E-state index contributed by atoms with van der Waals surface area (Å²) in [6.45, 7) is 0.247. The predicted octanol–water partition coefficient (Wildman–Crippen LogP) is 4.05. The van der Waals surface area contributed by atoms with Crippen molar-refractivity contribution in [3.63, 3.8) is 0 Å². The van der Waals surface area contributed by atoms with Gasteiger partial charge in [0, 0.05) is 11.3 Å². The van der Waals surface area contributed by atoms with Crippen molar-refractivity contribution < 1.29 is 25.5 Å². The zero-order chi connectivity index (χ0) is 12.5. The molecule has 0 saturated heterocycles. The molecule has 0 heterocycles. The summed E-state index contributed by atoms with van der Waals surface area (Å²) in [6, 6.07) is 16.6. The SMILES string of the molecule is Fc1ccccc1COc1cc[c-]cc1.[Zn+][Br]. The van der Waals surface area contributed by atoms with Gasteiger partial charge in [0.25, 0.3) is 0 Å². The minimum absolute atomic E-state index is 0.236. The van der Waals surface area contributed by atoms with Crippen molar-refractivity contribution in [2.24, 2.45) is 0 Å². The molecule has 0 aliphatic rings. The van der Waals surface area contributed by atoms with Crippen LogP contribution in [0.15, 0.2) is 48.5 Å². The van der Waals surface area contributed by atoms with Gasteiger partial charge in [0.05, 0.1) is 0 Å². The Morgan fingerprint density at radius 1 is 1.12 bits per heavy atom. The Labute approximate surface area is 117 Å². The van der Waals surface area contributed by atoms with Gasteiger partial charge >= 0.3 is 30.0 Å². The van der Waals surface area contributed by atoms with Crippen molar-refractivity contribution in [3.05, 3.63) is 66.0 Å². The number of hydrogen-bond acceptors (Lipinski definition) is 1. The molecule has 0 bridgehead atoms. The summed E-state index contributed by atoms with van der Waals surface area (Å²) in [5, 5.41) is 0. The molecule has 0 spiro atoms. The van der Waals surface area contributed by atoms with E-state index in [1.165, 1.54) is 22.4 Å². The minimum atomic E-state index is -0.236. The van der Waals surface area contributed by atoms with E-state index in [9.17, 15) is 4.39 Å². The van der Waals surface area contributed by atoms with E-state index in [0.29, 0.717) is 5.56 Å². The topological polar surface area (TPSA) is 9.23 Å². The Balaban J connectivity index is 0.000000686. The molecule has 2 aromatic rings. The number of ether oxygens (including phenoxy) is 1. The normalized spacial score (nSPS) is 9.18. The van der Waals surface area contributed by atoms with Crippen LogP contribution < -0.4 is 4.74 Å². The van der Waals surface area contributed by atoms with E-state index < -0.39 is 0 Å². The molecule has 0 fully saturated rings. The zero-order valence-corrected chi connectivity index (χ0v) is 13.8. The van der Waals surface area contributed by atoms with Crippen LogP contribution in [0, 0.1) is 11.9 Å². The first-order valence-electron chi connectivity index (χ1n) is 4.95. The van der Waals surface area contributed by atoms with Crippen LogP contribution in [0.1, 0.15) is 5.56 Å². The monoisotopic (exact) mass is 344 g/mol. The van der Waals surface area contributed by atoms with Gasteiger partial charge in [0.1, 0.15) is 12.4 Å². The molecule has 2 aromatic carbocycles. The third kappa shape index (κ3) is 4.97. The van der Waals surface area contributed by atoms with E-state index in [4.69, 9.17) is 4.74 Å². The van der Waals surface area contributed by atoms with Gasteiger partial charge < -0.3 is 4.74 Å². The van der Waals surface area contributed by atoms with Crippen molar-refractivity contribution in [1.29, 1.82) is 0 Å². The first-order valence-corrected chi connectivity index (χ1v) is 11.9. The molecule has 0 saturated carbocycles. The fourth-order valence-electron chi connectivity index (χ4n) is 1.24. The van der Waals surface area contributed by atoms with Gasteiger partial charge in [0.2, 0.25) is 0 Å². The standard InChI is InChI=1S/C13H10FO.BrH.Zn/c14-13-9-5-4-6-11(13)10-15-12-7-2-1-3-8-12;;/h2-9H,10H2;1H;/q-1;;+2/p-1. The molecular formula is C13H10BrFOZn. The second-order valence-corrected chi connectivity index (χ2v) is 3.12. The molecular weight excluding hydrogens is 336 g/mol. The maximum absolute atomic E-state index is 13.2. The van der Waals surface area contributed by atoms with Crippen LogP contribution in [0.2, 0.25) is 0 Å². The summed E-state index contributed by atoms with van der Waals surface area (Å²) < 4.78 is 18.6. The Bertz CT molecular complexity index is 436. The molecule has 2 rings (SSSR count). The number of halogens is 2. The summed E-state index contributed by atoms with van der Waals surface area (Å²) >= 11 is 4.25. The van der Waals surface area contributed by atoms with Crippen LogP contribution in [0.3, 0.4) is 0 Å². The summed E-state index contributed by atoms with van der Waals surface area (Å²) in [7, 11) is 0. The molecule has 0 unspecified atom stereocenters. The molecule has 0 aliphatic carbocycles. The first kappa shape index (κ1) is 14.3. The molecule has 84 valence electrons. The summed E-state index contributed by atoms with van der Waals surface area (Å²) in [6.07, 6.45) is 0. The van der Waals surface area contributed by atoms with Crippen LogP contribution in [0.25, 0.3) is 0 Å². The fraction of sp³-hybridized carbons (Fsp3) is 0.0769.